The van der Waals surface area contributed by atoms with Crippen molar-refractivity contribution in [3.63, 3.8) is 0 Å². The van der Waals surface area contributed by atoms with Crippen LogP contribution in [0.4, 0.5) is 11.6 Å². The van der Waals surface area contributed by atoms with E-state index in [9.17, 15) is 0 Å². The van der Waals surface area contributed by atoms with E-state index in [1.807, 2.05) is 19.1 Å². The molecule has 0 amide bonds. The lowest BCUT2D eigenvalue weighted by atomic mass is 10.3. The van der Waals surface area contributed by atoms with Gasteiger partial charge in [0.1, 0.15) is 0 Å². The van der Waals surface area contributed by atoms with Crippen LogP contribution in [-0.2, 0) is 0 Å². The predicted molar refractivity (Wildman–Crippen MR) is 67.0 cm³/mol. The average Bonchev–Trinajstić information content (AvgIpc) is 2.25. The van der Waals surface area contributed by atoms with Crippen molar-refractivity contribution in [2.75, 3.05) is 5.32 Å². The largest absolute Gasteiger partial charge is 0.323 e. The van der Waals surface area contributed by atoms with E-state index in [4.69, 9.17) is 0 Å². The van der Waals surface area contributed by atoms with Gasteiger partial charge in [-0.05, 0) is 41.6 Å². The molecule has 15 heavy (non-hydrogen) atoms. The fraction of sp³-hybridized carbons (Fsp3) is 0.100. The molecule has 0 spiro atoms. The van der Waals surface area contributed by atoms with Crippen LogP contribution in [0.25, 0.3) is 0 Å². The molecule has 0 fully saturated rings. The fourth-order valence-electron chi connectivity index (χ4n) is 1.11. The standard InChI is InChI=1S/C10H9IN4/c1-7-9(3-2-4-12-7)15-10-13-5-8(11)6-14-10/h2-6H,1H3,(H,13,14,15). The topological polar surface area (TPSA) is 50.7 Å². The highest BCUT2D eigenvalue weighted by atomic mass is 127. The molecule has 1 N–H and O–H groups in total. The Kier molecular flexibility index (Phi) is 3.10. The lowest BCUT2D eigenvalue weighted by Crippen LogP contribution is -1.99. The first-order chi connectivity index (χ1) is 7.25. The summed E-state index contributed by atoms with van der Waals surface area (Å²) < 4.78 is 1.01. The molecule has 0 saturated heterocycles. The molecule has 0 radical (unpaired) electrons. The van der Waals surface area contributed by atoms with Gasteiger partial charge in [-0.1, -0.05) is 0 Å². The van der Waals surface area contributed by atoms with E-state index in [-0.39, 0.29) is 0 Å². The summed E-state index contributed by atoms with van der Waals surface area (Å²) in [7, 11) is 0. The van der Waals surface area contributed by atoms with E-state index in [2.05, 4.69) is 42.9 Å². The Morgan fingerprint density at radius 1 is 1.20 bits per heavy atom. The quantitative estimate of drug-likeness (QED) is 0.866. The SMILES string of the molecule is Cc1ncccc1Nc1ncc(I)cn1. The molecule has 5 heteroatoms. The average molecular weight is 312 g/mol. The Labute approximate surface area is 101 Å². The van der Waals surface area contributed by atoms with Gasteiger partial charge in [-0.25, -0.2) is 9.97 Å². The maximum absolute atomic E-state index is 4.17. The number of nitrogens with one attached hydrogen (secondary N) is 1. The van der Waals surface area contributed by atoms with Crippen LogP contribution in [0.3, 0.4) is 0 Å². The molecule has 0 unspecified atom stereocenters. The van der Waals surface area contributed by atoms with Crippen molar-refractivity contribution in [2.24, 2.45) is 0 Å². The van der Waals surface area contributed by atoms with Gasteiger partial charge in [0.15, 0.2) is 0 Å². The summed E-state index contributed by atoms with van der Waals surface area (Å²) in [5.41, 5.74) is 1.86. The van der Waals surface area contributed by atoms with E-state index in [0.29, 0.717) is 5.95 Å². The van der Waals surface area contributed by atoms with E-state index in [0.717, 1.165) is 15.0 Å². The number of aromatic nitrogens is 3. The van der Waals surface area contributed by atoms with Crippen LogP contribution in [0.15, 0.2) is 30.7 Å². The summed E-state index contributed by atoms with van der Waals surface area (Å²) in [5.74, 6) is 0.589. The molecule has 2 aromatic rings. The number of hydrogen-bond donors (Lipinski definition) is 1. The second kappa shape index (κ2) is 4.52. The van der Waals surface area contributed by atoms with Gasteiger partial charge in [-0.15, -0.1) is 0 Å². The van der Waals surface area contributed by atoms with Crippen molar-refractivity contribution in [2.45, 2.75) is 6.92 Å². The monoisotopic (exact) mass is 312 g/mol. The number of pyridine rings is 1. The van der Waals surface area contributed by atoms with E-state index in [1.165, 1.54) is 0 Å². The van der Waals surface area contributed by atoms with Gasteiger partial charge >= 0.3 is 0 Å². The minimum atomic E-state index is 0.589. The van der Waals surface area contributed by atoms with Crippen LogP contribution in [0, 0.1) is 10.5 Å². The van der Waals surface area contributed by atoms with Crippen LogP contribution < -0.4 is 5.32 Å². The Morgan fingerprint density at radius 3 is 2.60 bits per heavy atom. The smallest absolute Gasteiger partial charge is 0.227 e. The van der Waals surface area contributed by atoms with Gasteiger partial charge < -0.3 is 5.32 Å². The number of hydrogen-bond acceptors (Lipinski definition) is 4. The molecule has 2 aromatic heterocycles. The maximum atomic E-state index is 4.17. The van der Waals surface area contributed by atoms with Crippen molar-refractivity contribution >= 4 is 34.2 Å². The Bertz CT molecular complexity index is 455. The summed E-state index contributed by atoms with van der Waals surface area (Å²) in [4.78, 5) is 12.5. The van der Waals surface area contributed by atoms with E-state index >= 15 is 0 Å². The summed E-state index contributed by atoms with van der Waals surface area (Å²) in [6, 6.07) is 3.83. The van der Waals surface area contributed by atoms with Crippen molar-refractivity contribution in [3.05, 3.63) is 40.0 Å². The molecule has 2 rings (SSSR count). The van der Waals surface area contributed by atoms with Crippen molar-refractivity contribution in [3.8, 4) is 0 Å². The molecular formula is C10H9IN4. The van der Waals surface area contributed by atoms with Gasteiger partial charge in [0.05, 0.1) is 11.4 Å². The molecule has 76 valence electrons. The zero-order valence-electron chi connectivity index (χ0n) is 8.11. The maximum Gasteiger partial charge on any atom is 0.227 e. The number of rotatable bonds is 2. The Morgan fingerprint density at radius 2 is 1.93 bits per heavy atom. The number of nitrogens with zero attached hydrogens (tertiary/aromatic N) is 3. The van der Waals surface area contributed by atoms with E-state index < -0.39 is 0 Å². The molecule has 4 nitrogen and oxygen atoms in total. The molecule has 0 aliphatic carbocycles. The third-order valence-electron chi connectivity index (χ3n) is 1.87. The van der Waals surface area contributed by atoms with Crippen LogP contribution in [0.2, 0.25) is 0 Å². The van der Waals surface area contributed by atoms with Crippen molar-refractivity contribution in [1.29, 1.82) is 0 Å². The van der Waals surface area contributed by atoms with Gasteiger partial charge in [-0.2, -0.15) is 0 Å². The number of anilines is 2. The molecule has 0 bridgehead atoms. The van der Waals surface area contributed by atoms with Crippen LogP contribution in [-0.4, -0.2) is 15.0 Å². The Balaban J connectivity index is 2.22. The molecule has 0 saturated carbocycles. The minimum Gasteiger partial charge on any atom is -0.323 e. The molecule has 0 aliphatic rings. The first kappa shape index (κ1) is 10.3. The summed E-state index contributed by atoms with van der Waals surface area (Å²) in [6.07, 6.45) is 5.29. The normalized spacial score (nSPS) is 10.0. The highest BCUT2D eigenvalue weighted by molar-refractivity contribution is 14.1. The van der Waals surface area contributed by atoms with Gasteiger partial charge in [-0.3, -0.25) is 4.98 Å². The lowest BCUT2D eigenvalue weighted by molar-refractivity contribution is 1.13. The molecule has 0 aromatic carbocycles. The van der Waals surface area contributed by atoms with Crippen LogP contribution in [0.1, 0.15) is 5.69 Å². The summed E-state index contributed by atoms with van der Waals surface area (Å²) in [5, 5.41) is 3.11. The highest BCUT2D eigenvalue weighted by Crippen LogP contribution is 2.15. The first-order valence-corrected chi connectivity index (χ1v) is 5.50. The minimum absolute atomic E-state index is 0.589. The third-order valence-corrected chi connectivity index (χ3v) is 2.43. The third kappa shape index (κ3) is 2.62. The summed E-state index contributed by atoms with van der Waals surface area (Å²) >= 11 is 2.17. The number of aryl methyl sites for hydroxylation is 1. The summed E-state index contributed by atoms with van der Waals surface area (Å²) in [6.45, 7) is 1.94. The van der Waals surface area contributed by atoms with Gasteiger partial charge in [0.25, 0.3) is 0 Å². The predicted octanol–water partition coefficient (Wildman–Crippen LogP) is 2.53. The zero-order valence-corrected chi connectivity index (χ0v) is 10.3. The van der Waals surface area contributed by atoms with Crippen molar-refractivity contribution in [1.82, 2.24) is 15.0 Å². The van der Waals surface area contributed by atoms with E-state index in [1.54, 1.807) is 18.6 Å². The highest BCUT2D eigenvalue weighted by Gasteiger charge is 2.00. The van der Waals surface area contributed by atoms with Gasteiger partial charge in [0, 0.05) is 22.2 Å². The second-order valence-corrected chi connectivity index (χ2v) is 4.23. The molecule has 0 aliphatic heterocycles. The number of halogens is 1. The van der Waals surface area contributed by atoms with Gasteiger partial charge in [0.2, 0.25) is 5.95 Å². The lowest BCUT2D eigenvalue weighted by Gasteiger charge is -2.05. The first-order valence-electron chi connectivity index (χ1n) is 4.42. The molecule has 0 atom stereocenters. The van der Waals surface area contributed by atoms with Crippen molar-refractivity contribution < 1.29 is 0 Å². The Hall–Kier alpha value is -1.24. The fourth-order valence-corrected chi connectivity index (χ4v) is 1.39. The molecular weight excluding hydrogens is 303 g/mol. The van der Waals surface area contributed by atoms with Crippen LogP contribution >= 0.6 is 22.6 Å². The van der Waals surface area contributed by atoms with Crippen LogP contribution in [0.5, 0.6) is 0 Å². The second-order valence-electron chi connectivity index (χ2n) is 2.99. The zero-order chi connectivity index (χ0) is 10.7. The molecule has 2 heterocycles.